The van der Waals surface area contributed by atoms with Gasteiger partial charge in [0.15, 0.2) is 0 Å². The van der Waals surface area contributed by atoms with Crippen LogP contribution in [0.5, 0.6) is 0 Å². The summed E-state index contributed by atoms with van der Waals surface area (Å²) in [5.74, 6) is 0. The Kier molecular flexibility index (Phi) is 5.13. The summed E-state index contributed by atoms with van der Waals surface area (Å²) in [7, 11) is 0. The summed E-state index contributed by atoms with van der Waals surface area (Å²) < 4.78 is 5.73. The molecule has 1 fully saturated rings. The van der Waals surface area contributed by atoms with E-state index in [1.807, 2.05) is 40.6 Å². The van der Waals surface area contributed by atoms with E-state index in [2.05, 4.69) is 21.7 Å². The van der Waals surface area contributed by atoms with Crippen molar-refractivity contribution in [3.63, 3.8) is 0 Å². The van der Waals surface area contributed by atoms with Crippen LogP contribution in [0.3, 0.4) is 0 Å². The number of amides is 2. The van der Waals surface area contributed by atoms with Crippen LogP contribution >= 0.6 is 11.3 Å². The van der Waals surface area contributed by atoms with Crippen molar-refractivity contribution in [2.24, 2.45) is 0 Å². The number of nitrogens with zero attached hydrogens (tertiary/aromatic N) is 2. The normalized spacial score (nSPS) is 16.7. The Morgan fingerprint density at radius 3 is 3.12 bits per heavy atom. The number of fused-ring (bicyclic) bond motifs is 1. The highest BCUT2D eigenvalue weighted by molar-refractivity contribution is 7.07. The standard InChI is InChI=1S/C20H21N3O2S/c24-20(22-17-5-6-19-16(11-17)3-1-8-21-19)23(12-15-7-10-26-14-15)13-18-4-2-9-25-18/h1,3,5-8,10-11,14,18H,2,4,9,12-13H2,(H,22,24)/t18-/m1/s1. The fraction of sp³-hybridized carbons (Fsp3) is 0.300. The minimum atomic E-state index is -0.102. The van der Waals surface area contributed by atoms with Gasteiger partial charge in [0, 0.05) is 37.0 Å². The number of thiophene rings is 1. The number of urea groups is 1. The Balaban J connectivity index is 1.50. The number of anilines is 1. The van der Waals surface area contributed by atoms with Gasteiger partial charge in [-0.3, -0.25) is 4.98 Å². The molecule has 1 N–H and O–H groups in total. The molecule has 2 aromatic heterocycles. The molecule has 0 unspecified atom stereocenters. The number of ether oxygens (including phenoxy) is 1. The van der Waals surface area contributed by atoms with Gasteiger partial charge in [-0.15, -0.1) is 0 Å². The van der Waals surface area contributed by atoms with E-state index in [4.69, 9.17) is 4.74 Å². The summed E-state index contributed by atoms with van der Waals surface area (Å²) in [4.78, 5) is 19.1. The minimum Gasteiger partial charge on any atom is -0.376 e. The first-order chi connectivity index (χ1) is 12.8. The maximum Gasteiger partial charge on any atom is 0.322 e. The highest BCUT2D eigenvalue weighted by atomic mass is 32.1. The average Bonchev–Trinajstić information content (AvgIpc) is 3.35. The molecule has 0 bridgehead atoms. The van der Waals surface area contributed by atoms with Crippen LogP contribution in [0.1, 0.15) is 18.4 Å². The Labute approximate surface area is 156 Å². The first kappa shape index (κ1) is 17.0. The van der Waals surface area contributed by atoms with Crippen LogP contribution in [0.4, 0.5) is 10.5 Å². The Bertz CT molecular complexity index is 876. The number of carbonyl (C=O) groups is 1. The summed E-state index contributed by atoms with van der Waals surface area (Å²) in [5.41, 5.74) is 2.84. The smallest absolute Gasteiger partial charge is 0.322 e. The quantitative estimate of drug-likeness (QED) is 0.722. The van der Waals surface area contributed by atoms with Gasteiger partial charge >= 0.3 is 6.03 Å². The number of nitrogens with one attached hydrogen (secondary N) is 1. The molecule has 3 aromatic rings. The highest BCUT2D eigenvalue weighted by Gasteiger charge is 2.23. The van der Waals surface area contributed by atoms with Crippen molar-refractivity contribution in [3.8, 4) is 0 Å². The summed E-state index contributed by atoms with van der Waals surface area (Å²) in [6, 6.07) is 11.6. The molecule has 0 aliphatic carbocycles. The van der Waals surface area contributed by atoms with Gasteiger partial charge in [-0.05, 0) is 59.5 Å². The largest absolute Gasteiger partial charge is 0.376 e. The first-order valence-electron chi connectivity index (χ1n) is 8.81. The van der Waals surface area contributed by atoms with E-state index < -0.39 is 0 Å². The van der Waals surface area contributed by atoms with Crippen molar-refractivity contribution in [2.45, 2.75) is 25.5 Å². The van der Waals surface area contributed by atoms with Gasteiger partial charge in [-0.25, -0.2) is 4.79 Å². The highest BCUT2D eigenvalue weighted by Crippen LogP contribution is 2.20. The molecule has 4 rings (SSSR count). The lowest BCUT2D eigenvalue weighted by Gasteiger charge is -2.25. The third-order valence-electron chi connectivity index (χ3n) is 4.54. The van der Waals surface area contributed by atoms with Gasteiger partial charge in [0.1, 0.15) is 0 Å². The van der Waals surface area contributed by atoms with Crippen molar-refractivity contribution in [3.05, 3.63) is 58.9 Å². The molecule has 2 amide bonds. The molecular formula is C20H21N3O2S. The second kappa shape index (κ2) is 7.85. The lowest BCUT2D eigenvalue weighted by atomic mass is 10.2. The van der Waals surface area contributed by atoms with Gasteiger partial charge in [0.25, 0.3) is 0 Å². The molecular weight excluding hydrogens is 346 g/mol. The van der Waals surface area contributed by atoms with E-state index in [1.165, 1.54) is 0 Å². The average molecular weight is 367 g/mol. The Morgan fingerprint density at radius 1 is 1.35 bits per heavy atom. The summed E-state index contributed by atoms with van der Waals surface area (Å²) >= 11 is 1.64. The molecule has 5 nitrogen and oxygen atoms in total. The van der Waals surface area contributed by atoms with Gasteiger partial charge < -0.3 is 15.0 Å². The number of hydrogen-bond acceptors (Lipinski definition) is 4. The van der Waals surface area contributed by atoms with Crippen molar-refractivity contribution in [1.29, 1.82) is 0 Å². The zero-order valence-corrected chi connectivity index (χ0v) is 15.2. The van der Waals surface area contributed by atoms with Gasteiger partial charge in [0.05, 0.1) is 11.6 Å². The zero-order valence-electron chi connectivity index (χ0n) is 14.4. The van der Waals surface area contributed by atoms with Crippen molar-refractivity contribution in [1.82, 2.24) is 9.88 Å². The molecule has 1 saturated heterocycles. The van der Waals surface area contributed by atoms with Crippen LogP contribution in [0.15, 0.2) is 53.4 Å². The second-order valence-corrected chi connectivity index (χ2v) is 7.27. The fourth-order valence-corrected chi connectivity index (χ4v) is 3.87. The summed E-state index contributed by atoms with van der Waals surface area (Å²) in [5, 5.41) is 8.15. The van der Waals surface area contributed by atoms with E-state index in [-0.39, 0.29) is 12.1 Å². The molecule has 0 radical (unpaired) electrons. The predicted octanol–water partition coefficient (Wildman–Crippen LogP) is 4.51. The second-order valence-electron chi connectivity index (χ2n) is 6.49. The summed E-state index contributed by atoms with van der Waals surface area (Å²) in [6.45, 7) is 1.98. The molecule has 134 valence electrons. The molecule has 6 heteroatoms. The lowest BCUT2D eigenvalue weighted by molar-refractivity contribution is 0.0819. The van der Waals surface area contributed by atoms with Crippen LogP contribution in [0, 0.1) is 0 Å². The van der Waals surface area contributed by atoms with Gasteiger partial charge in [-0.2, -0.15) is 11.3 Å². The molecule has 3 heterocycles. The Hall–Kier alpha value is -2.44. The molecule has 1 aromatic carbocycles. The SMILES string of the molecule is O=C(Nc1ccc2ncccc2c1)N(Cc1ccsc1)C[C@H]1CCCO1. The zero-order chi connectivity index (χ0) is 17.8. The van der Waals surface area contributed by atoms with Gasteiger partial charge in [-0.1, -0.05) is 6.07 Å². The Morgan fingerprint density at radius 2 is 2.31 bits per heavy atom. The number of pyridine rings is 1. The third-order valence-corrected chi connectivity index (χ3v) is 5.28. The van der Waals surface area contributed by atoms with Crippen molar-refractivity contribution >= 4 is 34.0 Å². The number of hydrogen-bond donors (Lipinski definition) is 1. The molecule has 26 heavy (non-hydrogen) atoms. The van der Waals surface area contributed by atoms with Crippen LogP contribution in [-0.4, -0.2) is 35.2 Å². The monoisotopic (exact) mass is 367 g/mol. The predicted molar refractivity (Wildman–Crippen MR) is 104 cm³/mol. The van der Waals surface area contributed by atoms with Crippen LogP contribution in [0.2, 0.25) is 0 Å². The van der Waals surface area contributed by atoms with Crippen molar-refractivity contribution in [2.75, 3.05) is 18.5 Å². The maximum atomic E-state index is 12.9. The number of rotatable bonds is 5. The lowest BCUT2D eigenvalue weighted by Crippen LogP contribution is -2.39. The van der Waals surface area contributed by atoms with E-state index in [0.29, 0.717) is 13.1 Å². The first-order valence-corrected chi connectivity index (χ1v) is 9.75. The van der Waals surface area contributed by atoms with E-state index >= 15 is 0 Å². The van der Waals surface area contributed by atoms with Crippen molar-refractivity contribution < 1.29 is 9.53 Å². The third kappa shape index (κ3) is 4.03. The van der Waals surface area contributed by atoms with Crippen LogP contribution < -0.4 is 5.32 Å². The summed E-state index contributed by atoms with van der Waals surface area (Å²) in [6.07, 6.45) is 3.97. The topological polar surface area (TPSA) is 54.5 Å². The van der Waals surface area contributed by atoms with E-state index in [0.717, 1.165) is 41.6 Å². The molecule has 1 aliphatic rings. The molecule has 1 atom stereocenters. The van der Waals surface area contributed by atoms with Gasteiger partial charge in [0.2, 0.25) is 0 Å². The number of aromatic nitrogens is 1. The number of carbonyl (C=O) groups excluding carboxylic acids is 1. The van der Waals surface area contributed by atoms with Crippen LogP contribution in [0.25, 0.3) is 10.9 Å². The molecule has 0 saturated carbocycles. The van der Waals surface area contributed by atoms with E-state index in [9.17, 15) is 4.79 Å². The maximum absolute atomic E-state index is 12.9. The number of benzene rings is 1. The molecule has 1 aliphatic heterocycles. The fourth-order valence-electron chi connectivity index (χ4n) is 3.21. The molecule has 0 spiro atoms. The van der Waals surface area contributed by atoms with E-state index in [1.54, 1.807) is 17.5 Å². The minimum absolute atomic E-state index is 0.102. The van der Waals surface area contributed by atoms with Crippen LogP contribution in [-0.2, 0) is 11.3 Å².